The Hall–Kier alpha value is -0.790. The highest BCUT2D eigenvalue weighted by atomic mass is 16.6. The van der Waals surface area contributed by atoms with Crippen molar-refractivity contribution in [2.75, 3.05) is 0 Å². The monoisotopic (exact) mass is 220 g/mol. The summed E-state index contributed by atoms with van der Waals surface area (Å²) in [5, 5.41) is 0. The third kappa shape index (κ3) is 0.922. The summed E-state index contributed by atoms with van der Waals surface area (Å²) in [5.74, 6) is 0.577. The Morgan fingerprint density at radius 3 is 2.62 bits per heavy atom. The molecule has 2 saturated carbocycles. The minimum absolute atomic E-state index is 0.143. The number of rotatable bonds is 0. The fourth-order valence-electron chi connectivity index (χ4n) is 4.47. The van der Waals surface area contributed by atoms with Gasteiger partial charge in [-0.05, 0) is 30.6 Å². The van der Waals surface area contributed by atoms with Crippen LogP contribution in [0.2, 0.25) is 0 Å². The standard InChI is InChI=1S/C14H20O2/c1-12(2)10-6-8-13(12,3)14(9-10)7-4-5-11(15)16-14/h4-5,10H,6-9H2,1-3H3/t10-,13-,14-/m1/s1. The maximum absolute atomic E-state index is 11.5. The minimum atomic E-state index is -0.203. The second-order valence-electron chi connectivity index (χ2n) is 6.52. The summed E-state index contributed by atoms with van der Waals surface area (Å²) in [6, 6.07) is 0. The van der Waals surface area contributed by atoms with Crippen LogP contribution in [0, 0.1) is 16.7 Å². The summed E-state index contributed by atoms with van der Waals surface area (Å²) in [7, 11) is 0. The van der Waals surface area contributed by atoms with E-state index in [-0.39, 0.29) is 17.0 Å². The van der Waals surface area contributed by atoms with E-state index in [1.807, 2.05) is 6.08 Å². The molecule has 0 aromatic carbocycles. The predicted octanol–water partition coefficient (Wildman–Crippen LogP) is 3.07. The molecule has 1 aliphatic heterocycles. The molecule has 3 aliphatic rings. The molecule has 0 aromatic heterocycles. The van der Waals surface area contributed by atoms with E-state index < -0.39 is 0 Å². The smallest absolute Gasteiger partial charge is 0.331 e. The van der Waals surface area contributed by atoms with Crippen molar-refractivity contribution < 1.29 is 9.53 Å². The summed E-state index contributed by atoms with van der Waals surface area (Å²) in [5.41, 5.74) is 0.259. The normalized spacial score (nSPS) is 48.7. The van der Waals surface area contributed by atoms with E-state index in [4.69, 9.17) is 4.74 Å². The lowest BCUT2D eigenvalue weighted by atomic mass is 9.63. The molecule has 1 heterocycles. The van der Waals surface area contributed by atoms with Gasteiger partial charge in [0.15, 0.2) is 0 Å². The van der Waals surface area contributed by atoms with E-state index in [9.17, 15) is 4.79 Å². The first kappa shape index (κ1) is 10.4. The summed E-state index contributed by atoms with van der Waals surface area (Å²) in [6.07, 6.45) is 8.06. The zero-order valence-corrected chi connectivity index (χ0v) is 10.4. The van der Waals surface area contributed by atoms with Gasteiger partial charge < -0.3 is 4.74 Å². The van der Waals surface area contributed by atoms with Gasteiger partial charge in [0, 0.05) is 17.9 Å². The van der Waals surface area contributed by atoms with Gasteiger partial charge in [0.05, 0.1) is 0 Å². The van der Waals surface area contributed by atoms with Gasteiger partial charge in [0.25, 0.3) is 0 Å². The van der Waals surface area contributed by atoms with Gasteiger partial charge in [-0.25, -0.2) is 4.79 Å². The highest BCUT2D eigenvalue weighted by Gasteiger charge is 2.70. The largest absolute Gasteiger partial charge is 0.455 e. The first-order chi connectivity index (χ1) is 7.41. The van der Waals surface area contributed by atoms with Crippen LogP contribution in [0.15, 0.2) is 12.2 Å². The van der Waals surface area contributed by atoms with Crippen LogP contribution in [0.4, 0.5) is 0 Å². The van der Waals surface area contributed by atoms with E-state index in [0.717, 1.165) is 18.8 Å². The maximum Gasteiger partial charge on any atom is 0.331 e. The Bertz CT molecular complexity index is 382. The number of esters is 1. The van der Waals surface area contributed by atoms with Crippen LogP contribution in [-0.4, -0.2) is 11.6 Å². The van der Waals surface area contributed by atoms with Gasteiger partial charge in [0.1, 0.15) is 5.60 Å². The Labute approximate surface area is 97.1 Å². The highest BCUT2D eigenvalue weighted by molar-refractivity contribution is 5.83. The predicted molar refractivity (Wildman–Crippen MR) is 61.8 cm³/mol. The first-order valence-corrected chi connectivity index (χ1v) is 6.31. The van der Waals surface area contributed by atoms with Crippen molar-refractivity contribution in [2.45, 2.75) is 52.1 Å². The summed E-state index contributed by atoms with van der Waals surface area (Å²) in [6.45, 7) is 7.03. The first-order valence-electron chi connectivity index (χ1n) is 6.31. The molecule has 0 amide bonds. The highest BCUT2D eigenvalue weighted by Crippen LogP contribution is 2.71. The lowest BCUT2D eigenvalue weighted by Gasteiger charge is -2.48. The fraction of sp³-hybridized carbons (Fsp3) is 0.786. The zero-order chi connectivity index (χ0) is 11.6. The Kier molecular flexibility index (Phi) is 1.76. The number of carbonyl (C=O) groups is 1. The van der Waals surface area contributed by atoms with Crippen LogP contribution in [0.5, 0.6) is 0 Å². The van der Waals surface area contributed by atoms with Gasteiger partial charge in [-0.3, -0.25) is 0 Å². The molecule has 1 spiro atoms. The molecule has 0 radical (unpaired) electrons. The topological polar surface area (TPSA) is 26.3 Å². The van der Waals surface area contributed by atoms with Crippen LogP contribution in [-0.2, 0) is 9.53 Å². The van der Waals surface area contributed by atoms with Gasteiger partial charge in [-0.2, -0.15) is 0 Å². The van der Waals surface area contributed by atoms with Gasteiger partial charge in [0.2, 0.25) is 0 Å². The number of hydrogen-bond donors (Lipinski definition) is 0. The lowest BCUT2D eigenvalue weighted by molar-refractivity contribution is -0.175. The maximum atomic E-state index is 11.5. The molecule has 2 nitrogen and oxygen atoms in total. The van der Waals surface area contributed by atoms with E-state index in [1.165, 1.54) is 12.8 Å². The van der Waals surface area contributed by atoms with Gasteiger partial charge >= 0.3 is 5.97 Å². The quantitative estimate of drug-likeness (QED) is 0.586. The van der Waals surface area contributed by atoms with Crippen molar-refractivity contribution in [1.29, 1.82) is 0 Å². The molecule has 2 aliphatic carbocycles. The molecular weight excluding hydrogens is 200 g/mol. The van der Waals surface area contributed by atoms with E-state index in [0.29, 0.717) is 5.41 Å². The average molecular weight is 220 g/mol. The van der Waals surface area contributed by atoms with Crippen LogP contribution in [0.25, 0.3) is 0 Å². The van der Waals surface area contributed by atoms with Crippen molar-refractivity contribution in [1.82, 2.24) is 0 Å². The summed E-state index contributed by atoms with van der Waals surface area (Å²) in [4.78, 5) is 11.5. The molecular formula is C14H20O2. The average Bonchev–Trinajstić information content (AvgIpc) is 2.50. The second-order valence-corrected chi connectivity index (χ2v) is 6.52. The van der Waals surface area contributed by atoms with Crippen LogP contribution >= 0.6 is 0 Å². The van der Waals surface area contributed by atoms with Gasteiger partial charge in [-0.1, -0.05) is 26.8 Å². The Morgan fingerprint density at radius 2 is 2.12 bits per heavy atom. The molecule has 2 heteroatoms. The minimum Gasteiger partial charge on any atom is -0.455 e. The molecule has 2 fully saturated rings. The molecule has 3 atom stereocenters. The molecule has 0 N–H and O–H groups in total. The van der Waals surface area contributed by atoms with Crippen molar-refractivity contribution in [2.24, 2.45) is 16.7 Å². The Morgan fingerprint density at radius 1 is 1.38 bits per heavy atom. The van der Waals surface area contributed by atoms with E-state index in [2.05, 4.69) is 20.8 Å². The number of ether oxygens (including phenoxy) is 1. The SMILES string of the molecule is CC1(C)[C@@H]2CC[C@@]1(C)[C@@]1(CC=CC(=O)O1)C2. The van der Waals surface area contributed by atoms with Crippen molar-refractivity contribution in [3.8, 4) is 0 Å². The molecule has 88 valence electrons. The van der Waals surface area contributed by atoms with Crippen molar-refractivity contribution >= 4 is 5.97 Å². The molecule has 0 saturated heterocycles. The second kappa shape index (κ2) is 2.72. The number of fused-ring (bicyclic) bond motifs is 3. The van der Waals surface area contributed by atoms with Crippen molar-refractivity contribution in [3.05, 3.63) is 12.2 Å². The van der Waals surface area contributed by atoms with E-state index in [1.54, 1.807) is 6.08 Å². The van der Waals surface area contributed by atoms with Gasteiger partial charge in [-0.15, -0.1) is 0 Å². The lowest BCUT2D eigenvalue weighted by Crippen LogP contribution is -2.51. The molecule has 0 aromatic rings. The molecule has 2 bridgehead atoms. The van der Waals surface area contributed by atoms with Crippen LogP contribution < -0.4 is 0 Å². The summed E-state index contributed by atoms with van der Waals surface area (Å²) >= 11 is 0. The third-order valence-corrected chi connectivity index (χ3v) is 6.01. The van der Waals surface area contributed by atoms with Crippen LogP contribution in [0.3, 0.4) is 0 Å². The molecule has 16 heavy (non-hydrogen) atoms. The number of hydrogen-bond acceptors (Lipinski definition) is 2. The Balaban J connectivity index is 2.06. The molecule has 0 unspecified atom stereocenters. The van der Waals surface area contributed by atoms with Crippen molar-refractivity contribution in [3.63, 3.8) is 0 Å². The number of carbonyl (C=O) groups excluding carboxylic acids is 1. The fourth-order valence-corrected chi connectivity index (χ4v) is 4.47. The van der Waals surface area contributed by atoms with E-state index >= 15 is 0 Å². The molecule has 3 rings (SSSR count). The van der Waals surface area contributed by atoms with Crippen LogP contribution in [0.1, 0.15) is 46.5 Å². The zero-order valence-electron chi connectivity index (χ0n) is 10.4. The summed E-state index contributed by atoms with van der Waals surface area (Å²) < 4.78 is 5.78. The third-order valence-electron chi connectivity index (χ3n) is 6.01.